The fraction of sp³-hybridized carbons (Fsp3) is 0.278. The van der Waals surface area contributed by atoms with Crippen molar-refractivity contribution in [2.75, 3.05) is 7.11 Å². The first kappa shape index (κ1) is 16.9. The van der Waals surface area contributed by atoms with Gasteiger partial charge in [-0.15, -0.1) is 0 Å². The maximum Gasteiger partial charge on any atom is 0.257 e. The van der Waals surface area contributed by atoms with Crippen molar-refractivity contribution < 1.29 is 13.9 Å². The summed E-state index contributed by atoms with van der Waals surface area (Å²) < 4.78 is 16.9. The van der Waals surface area contributed by atoms with Gasteiger partial charge in [0.15, 0.2) is 11.3 Å². The number of halogens is 2. The van der Waals surface area contributed by atoms with Gasteiger partial charge in [0.1, 0.15) is 12.4 Å². The van der Waals surface area contributed by atoms with E-state index < -0.39 is 0 Å². The second kappa shape index (κ2) is 6.91. The van der Waals surface area contributed by atoms with Crippen LogP contribution in [0.15, 0.2) is 28.7 Å². The number of ether oxygens (including phenoxy) is 2. The highest BCUT2D eigenvalue weighted by molar-refractivity contribution is 6.39. The van der Waals surface area contributed by atoms with E-state index in [9.17, 15) is 0 Å². The third kappa shape index (κ3) is 3.17. The molecule has 0 aliphatic heterocycles. The smallest absolute Gasteiger partial charge is 0.257 e. The van der Waals surface area contributed by atoms with E-state index in [2.05, 4.69) is 11.9 Å². The SMILES string of the molecule is CCc1cc(OCc2cc3c(Cl)ccc(Cl)c3o2)c(OC)nc1C. The largest absolute Gasteiger partial charge is 0.480 e. The van der Waals surface area contributed by atoms with Gasteiger partial charge in [0.25, 0.3) is 5.88 Å². The van der Waals surface area contributed by atoms with Crippen LogP contribution in [0.2, 0.25) is 10.0 Å². The molecule has 6 heteroatoms. The molecule has 0 aliphatic carbocycles. The number of rotatable bonds is 5. The van der Waals surface area contributed by atoms with Gasteiger partial charge >= 0.3 is 0 Å². The zero-order valence-corrected chi connectivity index (χ0v) is 15.2. The Morgan fingerprint density at radius 1 is 1.17 bits per heavy atom. The Balaban J connectivity index is 1.88. The topological polar surface area (TPSA) is 44.5 Å². The highest BCUT2D eigenvalue weighted by atomic mass is 35.5. The number of hydrogen-bond acceptors (Lipinski definition) is 4. The number of benzene rings is 1. The highest BCUT2D eigenvalue weighted by Gasteiger charge is 2.14. The normalized spacial score (nSPS) is 11.0. The van der Waals surface area contributed by atoms with Crippen LogP contribution >= 0.6 is 23.2 Å². The summed E-state index contributed by atoms with van der Waals surface area (Å²) in [6.07, 6.45) is 0.870. The molecular formula is C18H17Cl2NO3. The van der Waals surface area contributed by atoms with Crippen molar-refractivity contribution in [3.8, 4) is 11.6 Å². The zero-order chi connectivity index (χ0) is 17.3. The van der Waals surface area contributed by atoms with E-state index in [1.165, 1.54) is 0 Å². The molecular weight excluding hydrogens is 349 g/mol. The summed E-state index contributed by atoms with van der Waals surface area (Å²) in [7, 11) is 1.57. The first-order chi connectivity index (χ1) is 11.5. The van der Waals surface area contributed by atoms with Crippen LogP contribution in [-0.4, -0.2) is 12.1 Å². The molecule has 24 heavy (non-hydrogen) atoms. The Kier molecular flexibility index (Phi) is 4.88. The zero-order valence-electron chi connectivity index (χ0n) is 13.7. The van der Waals surface area contributed by atoms with Gasteiger partial charge < -0.3 is 13.9 Å². The second-order valence-corrected chi connectivity index (χ2v) is 6.18. The van der Waals surface area contributed by atoms with E-state index in [0.29, 0.717) is 33.0 Å². The molecule has 0 bridgehead atoms. The molecule has 0 atom stereocenters. The van der Waals surface area contributed by atoms with Crippen LogP contribution in [0.5, 0.6) is 11.6 Å². The Morgan fingerprint density at radius 2 is 1.92 bits per heavy atom. The minimum Gasteiger partial charge on any atom is -0.480 e. The van der Waals surface area contributed by atoms with Gasteiger partial charge in [-0.25, -0.2) is 4.98 Å². The molecule has 4 nitrogen and oxygen atoms in total. The maximum absolute atomic E-state index is 6.17. The lowest BCUT2D eigenvalue weighted by molar-refractivity contribution is 0.255. The number of furan rings is 1. The van der Waals surface area contributed by atoms with Crippen LogP contribution < -0.4 is 9.47 Å². The third-order valence-electron chi connectivity index (χ3n) is 3.83. The Hall–Kier alpha value is -1.91. The summed E-state index contributed by atoms with van der Waals surface area (Å²) >= 11 is 12.3. The van der Waals surface area contributed by atoms with Crippen molar-refractivity contribution in [1.29, 1.82) is 0 Å². The molecule has 126 valence electrons. The molecule has 3 aromatic rings. The molecule has 1 aromatic carbocycles. The van der Waals surface area contributed by atoms with Crippen LogP contribution in [0, 0.1) is 6.92 Å². The lowest BCUT2D eigenvalue weighted by Crippen LogP contribution is -2.01. The monoisotopic (exact) mass is 365 g/mol. The van der Waals surface area contributed by atoms with Gasteiger partial charge in [0, 0.05) is 11.1 Å². The summed E-state index contributed by atoms with van der Waals surface area (Å²) in [5, 5.41) is 1.88. The van der Waals surface area contributed by atoms with Gasteiger partial charge in [-0.1, -0.05) is 30.1 Å². The first-order valence-electron chi connectivity index (χ1n) is 7.57. The predicted molar refractivity (Wildman–Crippen MR) is 95.5 cm³/mol. The average molecular weight is 366 g/mol. The van der Waals surface area contributed by atoms with Gasteiger partial charge in [-0.3, -0.25) is 0 Å². The van der Waals surface area contributed by atoms with E-state index >= 15 is 0 Å². The molecule has 0 saturated carbocycles. The van der Waals surface area contributed by atoms with Crippen LogP contribution in [0.3, 0.4) is 0 Å². The average Bonchev–Trinajstić information content (AvgIpc) is 3.02. The standard InChI is InChI=1S/C18H17Cl2NO3/c1-4-11-7-16(18(22-3)21-10(11)2)23-9-12-8-13-14(19)5-6-15(20)17(13)24-12/h5-8H,4,9H2,1-3H3. The molecule has 0 aliphatic rings. The molecule has 0 N–H and O–H groups in total. The molecule has 0 amide bonds. The number of aromatic nitrogens is 1. The lowest BCUT2D eigenvalue weighted by Gasteiger charge is -2.12. The number of methoxy groups -OCH3 is 1. The van der Waals surface area contributed by atoms with Gasteiger partial charge in [0.2, 0.25) is 0 Å². The maximum atomic E-state index is 6.17. The number of fused-ring (bicyclic) bond motifs is 1. The molecule has 0 unspecified atom stereocenters. The number of nitrogens with zero attached hydrogens (tertiary/aromatic N) is 1. The minimum absolute atomic E-state index is 0.228. The van der Waals surface area contributed by atoms with Crippen molar-refractivity contribution in [2.45, 2.75) is 26.9 Å². The summed E-state index contributed by atoms with van der Waals surface area (Å²) in [6.45, 7) is 4.25. The minimum atomic E-state index is 0.228. The van der Waals surface area contributed by atoms with Crippen LogP contribution in [0.25, 0.3) is 11.0 Å². The fourth-order valence-corrected chi connectivity index (χ4v) is 2.95. The highest BCUT2D eigenvalue weighted by Crippen LogP contribution is 2.33. The second-order valence-electron chi connectivity index (χ2n) is 5.37. The lowest BCUT2D eigenvalue weighted by atomic mass is 10.1. The van der Waals surface area contributed by atoms with Crippen molar-refractivity contribution in [1.82, 2.24) is 4.98 Å². The van der Waals surface area contributed by atoms with Crippen molar-refractivity contribution in [3.63, 3.8) is 0 Å². The van der Waals surface area contributed by atoms with Crippen LogP contribution in [-0.2, 0) is 13.0 Å². The quantitative estimate of drug-likeness (QED) is 0.590. The van der Waals surface area contributed by atoms with Crippen molar-refractivity contribution in [3.05, 3.63) is 51.3 Å². The number of hydrogen-bond donors (Lipinski definition) is 0. The molecule has 0 spiro atoms. The van der Waals surface area contributed by atoms with E-state index in [-0.39, 0.29) is 6.61 Å². The molecule has 0 fully saturated rings. The Labute approximate surface area is 150 Å². The van der Waals surface area contributed by atoms with E-state index in [1.54, 1.807) is 19.2 Å². The summed E-state index contributed by atoms with van der Waals surface area (Å²) in [4.78, 5) is 4.43. The number of pyridine rings is 1. The van der Waals surface area contributed by atoms with Gasteiger partial charge in [-0.05, 0) is 43.2 Å². The van der Waals surface area contributed by atoms with E-state index in [1.807, 2.05) is 19.1 Å². The van der Waals surface area contributed by atoms with Crippen LogP contribution in [0.1, 0.15) is 23.9 Å². The Bertz CT molecular complexity index is 851. The van der Waals surface area contributed by atoms with Crippen LogP contribution in [0.4, 0.5) is 0 Å². The molecule has 0 saturated heterocycles. The summed E-state index contributed by atoms with van der Waals surface area (Å²) in [5.74, 6) is 1.66. The molecule has 2 heterocycles. The van der Waals surface area contributed by atoms with Crippen molar-refractivity contribution >= 4 is 34.2 Å². The fourth-order valence-electron chi connectivity index (χ4n) is 2.54. The van der Waals surface area contributed by atoms with E-state index in [4.69, 9.17) is 37.1 Å². The Morgan fingerprint density at radius 3 is 2.58 bits per heavy atom. The predicted octanol–water partition coefficient (Wildman–Crippen LogP) is 5.59. The van der Waals surface area contributed by atoms with E-state index in [0.717, 1.165) is 23.1 Å². The van der Waals surface area contributed by atoms with Gasteiger partial charge in [-0.2, -0.15) is 0 Å². The van der Waals surface area contributed by atoms with Crippen molar-refractivity contribution in [2.24, 2.45) is 0 Å². The first-order valence-corrected chi connectivity index (χ1v) is 8.32. The van der Waals surface area contributed by atoms with Gasteiger partial charge in [0.05, 0.1) is 17.2 Å². The number of aryl methyl sites for hydroxylation is 2. The molecule has 3 rings (SSSR count). The third-order valence-corrected chi connectivity index (χ3v) is 4.45. The molecule has 2 aromatic heterocycles. The summed E-state index contributed by atoms with van der Waals surface area (Å²) in [6, 6.07) is 7.23. The molecule has 0 radical (unpaired) electrons. The summed E-state index contributed by atoms with van der Waals surface area (Å²) in [5.41, 5.74) is 2.61.